The van der Waals surface area contributed by atoms with Gasteiger partial charge in [-0.2, -0.15) is 0 Å². The van der Waals surface area contributed by atoms with Gasteiger partial charge in [-0.1, -0.05) is 18.2 Å². The van der Waals surface area contributed by atoms with E-state index in [1.807, 2.05) is 18.5 Å². The summed E-state index contributed by atoms with van der Waals surface area (Å²) in [6.07, 6.45) is 5.68. The van der Waals surface area contributed by atoms with Crippen molar-refractivity contribution in [3.05, 3.63) is 66.0 Å². The number of likely N-dealkylation sites (tertiary alicyclic amines) is 1. The number of aromatic nitrogens is 1. The number of benzene rings is 2. The van der Waals surface area contributed by atoms with Gasteiger partial charge < -0.3 is 9.47 Å². The third-order valence-corrected chi connectivity index (χ3v) is 5.71. The third kappa shape index (κ3) is 4.10. The average Bonchev–Trinajstić information content (AvgIpc) is 2.78. The van der Waals surface area contributed by atoms with Gasteiger partial charge in [-0.3, -0.25) is 14.7 Å². The SMILES string of the molecule is COc1ccc(C(=O)C2CCCN(Cc3cccc4cnccc34)C2)cc1OC. The Morgan fingerprint density at radius 2 is 2.00 bits per heavy atom. The molecule has 1 aliphatic heterocycles. The van der Waals surface area contributed by atoms with E-state index in [9.17, 15) is 4.79 Å². The molecule has 1 unspecified atom stereocenters. The molecule has 0 radical (unpaired) electrons. The molecule has 150 valence electrons. The van der Waals surface area contributed by atoms with Crippen LogP contribution in [0.15, 0.2) is 54.9 Å². The maximum atomic E-state index is 13.1. The molecule has 1 atom stereocenters. The maximum absolute atomic E-state index is 13.1. The Bertz CT molecular complexity index is 1010. The fourth-order valence-electron chi connectivity index (χ4n) is 4.21. The number of nitrogens with zero attached hydrogens (tertiary/aromatic N) is 2. The van der Waals surface area contributed by atoms with Gasteiger partial charge in [0, 0.05) is 42.4 Å². The molecular formula is C24H26N2O3. The molecule has 4 rings (SSSR count). The highest BCUT2D eigenvalue weighted by Gasteiger charge is 2.27. The van der Waals surface area contributed by atoms with Crippen molar-refractivity contribution >= 4 is 16.6 Å². The van der Waals surface area contributed by atoms with E-state index < -0.39 is 0 Å². The summed E-state index contributed by atoms with van der Waals surface area (Å²) in [4.78, 5) is 19.8. The summed E-state index contributed by atoms with van der Waals surface area (Å²) in [7, 11) is 3.19. The molecule has 0 bridgehead atoms. The second-order valence-corrected chi connectivity index (χ2v) is 7.52. The average molecular weight is 390 g/mol. The fourth-order valence-corrected chi connectivity index (χ4v) is 4.21. The van der Waals surface area contributed by atoms with Crippen LogP contribution in [0.5, 0.6) is 11.5 Å². The lowest BCUT2D eigenvalue weighted by Crippen LogP contribution is -2.38. The second-order valence-electron chi connectivity index (χ2n) is 7.52. The van der Waals surface area contributed by atoms with Crippen LogP contribution in [0.25, 0.3) is 10.8 Å². The van der Waals surface area contributed by atoms with Gasteiger partial charge in [0.1, 0.15) is 0 Å². The van der Waals surface area contributed by atoms with Gasteiger partial charge in [0.2, 0.25) is 0 Å². The lowest BCUT2D eigenvalue weighted by atomic mass is 9.89. The molecule has 1 saturated heterocycles. The van der Waals surface area contributed by atoms with Gasteiger partial charge in [0.15, 0.2) is 17.3 Å². The zero-order chi connectivity index (χ0) is 20.2. The van der Waals surface area contributed by atoms with Crippen molar-refractivity contribution in [1.29, 1.82) is 0 Å². The van der Waals surface area contributed by atoms with Crippen LogP contribution < -0.4 is 9.47 Å². The molecule has 1 fully saturated rings. The number of carbonyl (C=O) groups excluding carboxylic acids is 1. The molecule has 3 aromatic rings. The summed E-state index contributed by atoms with van der Waals surface area (Å²) in [5.41, 5.74) is 1.97. The summed E-state index contributed by atoms with van der Waals surface area (Å²) in [5.74, 6) is 1.41. The van der Waals surface area contributed by atoms with Gasteiger partial charge in [-0.15, -0.1) is 0 Å². The predicted molar refractivity (Wildman–Crippen MR) is 114 cm³/mol. The summed E-state index contributed by atoms with van der Waals surface area (Å²) >= 11 is 0. The van der Waals surface area contributed by atoms with E-state index in [2.05, 4.69) is 34.1 Å². The zero-order valence-corrected chi connectivity index (χ0v) is 16.9. The Balaban J connectivity index is 1.50. The number of pyridine rings is 1. The molecule has 5 heteroatoms. The van der Waals surface area contributed by atoms with Gasteiger partial charge >= 0.3 is 0 Å². The molecule has 0 saturated carbocycles. The largest absolute Gasteiger partial charge is 0.493 e. The number of hydrogen-bond acceptors (Lipinski definition) is 5. The van der Waals surface area contributed by atoms with Crippen molar-refractivity contribution in [2.75, 3.05) is 27.3 Å². The molecular weight excluding hydrogens is 364 g/mol. The number of fused-ring (bicyclic) bond motifs is 1. The van der Waals surface area contributed by atoms with Crippen LogP contribution in [-0.4, -0.2) is 43.0 Å². The molecule has 2 heterocycles. The molecule has 0 amide bonds. The van der Waals surface area contributed by atoms with Crippen molar-refractivity contribution in [3.8, 4) is 11.5 Å². The highest BCUT2D eigenvalue weighted by atomic mass is 16.5. The Kier molecular flexibility index (Phi) is 5.76. The van der Waals surface area contributed by atoms with Crippen LogP contribution in [-0.2, 0) is 6.54 Å². The topological polar surface area (TPSA) is 51.7 Å². The summed E-state index contributed by atoms with van der Waals surface area (Å²) in [6, 6.07) is 13.8. The highest BCUT2D eigenvalue weighted by molar-refractivity contribution is 5.98. The van der Waals surface area contributed by atoms with Crippen molar-refractivity contribution in [1.82, 2.24) is 9.88 Å². The van der Waals surface area contributed by atoms with Crippen LogP contribution >= 0.6 is 0 Å². The van der Waals surface area contributed by atoms with E-state index in [1.54, 1.807) is 26.4 Å². The van der Waals surface area contributed by atoms with Crippen molar-refractivity contribution in [2.24, 2.45) is 5.92 Å². The lowest BCUT2D eigenvalue weighted by molar-refractivity contribution is 0.0811. The highest BCUT2D eigenvalue weighted by Crippen LogP contribution is 2.30. The number of ketones is 1. The second kappa shape index (κ2) is 8.62. The molecule has 0 aliphatic carbocycles. The van der Waals surface area contributed by atoms with E-state index in [1.165, 1.54) is 10.9 Å². The van der Waals surface area contributed by atoms with E-state index in [-0.39, 0.29) is 11.7 Å². The van der Waals surface area contributed by atoms with Gasteiger partial charge in [0.05, 0.1) is 14.2 Å². The number of hydrogen-bond donors (Lipinski definition) is 0. The van der Waals surface area contributed by atoms with Crippen LogP contribution in [0, 0.1) is 5.92 Å². The van der Waals surface area contributed by atoms with Crippen LogP contribution in [0.4, 0.5) is 0 Å². The van der Waals surface area contributed by atoms with Gasteiger partial charge in [-0.05, 0) is 54.6 Å². The summed E-state index contributed by atoms with van der Waals surface area (Å²) < 4.78 is 10.6. The molecule has 0 spiro atoms. The van der Waals surface area contributed by atoms with Crippen LogP contribution in [0.3, 0.4) is 0 Å². The van der Waals surface area contributed by atoms with E-state index in [0.29, 0.717) is 17.1 Å². The number of ether oxygens (including phenoxy) is 2. The smallest absolute Gasteiger partial charge is 0.167 e. The van der Waals surface area contributed by atoms with Gasteiger partial charge in [-0.25, -0.2) is 0 Å². The maximum Gasteiger partial charge on any atom is 0.167 e. The third-order valence-electron chi connectivity index (χ3n) is 5.71. The number of carbonyl (C=O) groups is 1. The van der Waals surface area contributed by atoms with Crippen LogP contribution in [0.2, 0.25) is 0 Å². The normalized spacial score (nSPS) is 17.2. The van der Waals surface area contributed by atoms with Crippen molar-refractivity contribution in [2.45, 2.75) is 19.4 Å². The molecule has 1 aromatic heterocycles. The molecule has 1 aliphatic rings. The number of rotatable bonds is 6. The molecule has 29 heavy (non-hydrogen) atoms. The van der Waals surface area contributed by atoms with Gasteiger partial charge in [0.25, 0.3) is 0 Å². The molecule has 0 N–H and O–H groups in total. The Labute approximate surface area is 171 Å². The molecule has 2 aromatic carbocycles. The fraction of sp³-hybridized carbons (Fsp3) is 0.333. The monoisotopic (exact) mass is 390 g/mol. The van der Waals surface area contributed by atoms with E-state index in [4.69, 9.17) is 9.47 Å². The molecule has 5 nitrogen and oxygen atoms in total. The Morgan fingerprint density at radius 3 is 2.83 bits per heavy atom. The zero-order valence-electron chi connectivity index (χ0n) is 16.9. The standard InChI is InChI=1S/C24H26N2O3/c1-28-22-9-8-17(13-23(22)29-2)24(27)20-7-4-12-26(16-20)15-19-6-3-5-18-14-25-11-10-21(18)19/h3,5-6,8-11,13-14,20H,4,7,12,15-16H2,1-2H3. The first-order valence-corrected chi connectivity index (χ1v) is 10.00. The summed E-state index contributed by atoms with van der Waals surface area (Å²) in [6.45, 7) is 2.63. The quantitative estimate of drug-likeness (QED) is 0.586. The van der Waals surface area contributed by atoms with Crippen LogP contribution in [0.1, 0.15) is 28.8 Å². The Hall–Kier alpha value is -2.92. The first-order chi connectivity index (χ1) is 14.2. The lowest BCUT2D eigenvalue weighted by Gasteiger charge is -2.32. The van der Waals surface area contributed by atoms with Crippen molar-refractivity contribution in [3.63, 3.8) is 0 Å². The van der Waals surface area contributed by atoms with E-state index >= 15 is 0 Å². The van der Waals surface area contributed by atoms with Crippen molar-refractivity contribution < 1.29 is 14.3 Å². The minimum absolute atomic E-state index is 0.00139. The number of piperidine rings is 1. The number of Topliss-reactive ketones (excluding diaryl/α,β-unsaturated/α-hetero) is 1. The summed E-state index contributed by atoms with van der Waals surface area (Å²) in [5, 5.41) is 2.39. The first-order valence-electron chi connectivity index (χ1n) is 10.00. The minimum Gasteiger partial charge on any atom is -0.493 e. The minimum atomic E-state index is -0.00139. The predicted octanol–water partition coefficient (Wildman–Crippen LogP) is 4.35. The first kappa shape index (κ1) is 19.4. The van der Waals surface area contributed by atoms with E-state index in [0.717, 1.165) is 37.9 Å². The number of methoxy groups -OCH3 is 2. The Morgan fingerprint density at radius 1 is 1.14 bits per heavy atom.